The molecule has 2 aliphatic rings. The molecule has 4 rings (SSSR count). The number of hydrogen-bond donors (Lipinski definition) is 0. The van der Waals surface area contributed by atoms with Gasteiger partial charge < -0.3 is 0 Å². The SMILES string of the molecule is CC1(C)CC=C(c2ccc(Sc3ccc(C4=CCC(C)(C)CC4)cc3)cc2)CC1. The predicted molar refractivity (Wildman–Crippen MR) is 128 cm³/mol. The first-order valence-electron chi connectivity index (χ1n) is 11.1. The Hall–Kier alpha value is -1.73. The van der Waals surface area contributed by atoms with E-state index in [2.05, 4.69) is 88.4 Å². The fourth-order valence-electron chi connectivity index (χ4n) is 4.29. The molecule has 0 amide bonds. The van der Waals surface area contributed by atoms with Gasteiger partial charge in [-0.15, -0.1) is 0 Å². The summed E-state index contributed by atoms with van der Waals surface area (Å²) in [4.78, 5) is 2.63. The van der Waals surface area contributed by atoms with Crippen LogP contribution in [0.25, 0.3) is 11.1 Å². The normalized spacial score (nSPS) is 20.7. The Bertz CT molecular complexity index is 830. The average molecular weight is 403 g/mol. The molecule has 0 heterocycles. The third-order valence-electron chi connectivity index (χ3n) is 6.63. The smallest absolute Gasteiger partial charge is 0.0122 e. The van der Waals surface area contributed by atoms with Crippen LogP contribution in [0, 0.1) is 10.8 Å². The van der Waals surface area contributed by atoms with Gasteiger partial charge in [0.25, 0.3) is 0 Å². The lowest BCUT2D eigenvalue weighted by Gasteiger charge is -2.28. The second-order valence-electron chi connectivity index (χ2n) is 10.3. The molecule has 1 heteroatoms. The van der Waals surface area contributed by atoms with E-state index in [1.807, 2.05) is 11.8 Å². The zero-order chi connectivity index (χ0) is 20.5. The maximum absolute atomic E-state index is 2.45. The molecule has 0 saturated heterocycles. The van der Waals surface area contributed by atoms with Crippen LogP contribution in [0.3, 0.4) is 0 Å². The molecule has 0 nitrogen and oxygen atoms in total. The van der Waals surface area contributed by atoms with Gasteiger partial charge in [-0.05, 0) is 95.9 Å². The quantitative estimate of drug-likeness (QED) is 0.491. The maximum atomic E-state index is 2.45. The highest BCUT2D eigenvalue weighted by Gasteiger charge is 2.22. The van der Waals surface area contributed by atoms with E-state index >= 15 is 0 Å². The van der Waals surface area contributed by atoms with Crippen molar-refractivity contribution >= 4 is 22.9 Å². The Balaban J connectivity index is 1.40. The highest BCUT2D eigenvalue weighted by atomic mass is 32.2. The number of hydrogen-bond acceptors (Lipinski definition) is 1. The largest absolute Gasteiger partial charge is 0.0901 e. The minimum atomic E-state index is 0.468. The lowest BCUT2D eigenvalue weighted by Crippen LogP contribution is -2.13. The van der Waals surface area contributed by atoms with Crippen LogP contribution in [0.15, 0.2) is 70.5 Å². The van der Waals surface area contributed by atoms with Gasteiger partial charge in [-0.2, -0.15) is 0 Å². The second kappa shape index (κ2) is 8.19. The Morgan fingerprint density at radius 1 is 0.586 bits per heavy atom. The van der Waals surface area contributed by atoms with E-state index in [0.29, 0.717) is 10.8 Å². The van der Waals surface area contributed by atoms with E-state index in [4.69, 9.17) is 0 Å². The lowest BCUT2D eigenvalue weighted by atomic mass is 9.77. The Morgan fingerprint density at radius 3 is 1.28 bits per heavy atom. The molecule has 0 spiro atoms. The van der Waals surface area contributed by atoms with Gasteiger partial charge in [0.05, 0.1) is 0 Å². The minimum Gasteiger partial charge on any atom is -0.0901 e. The summed E-state index contributed by atoms with van der Waals surface area (Å²) in [5, 5.41) is 0. The maximum Gasteiger partial charge on any atom is 0.0122 e. The van der Waals surface area contributed by atoms with Crippen LogP contribution in [0.2, 0.25) is 0 Å². The summed E-state index contributed by atoms with van der Waals surface area (Å²) in [6, 6.07) is 18.3. The molecule has 0 unspecified atom stereocenters. The lowest BCUT2D eigenvalue weighted by molar-refractivity contribution is 0.335. The summed E-state index contributed by atoms with van der Waals surface area (Å²) in [5.74, 6) is 0. The van der Waals surface area contributed by atoms with Crippen molar-refractivity contribution in [1.29, 1.82) is 0 Å². The van der Waals surface area contributed by atoms with Crippen molar-refractivity contribution in [3.05, 3.63) is 71.8 Å². The van der Waals surface area contributed by atoms with E-state index in [1.54, 1.807) is 0 Å². The average Bonchev–Trinajstić information content (AvgIpc) is 2.70. The van der Waals surface area contributed by atoms with E-state index < -0.39 is 0 Å². The van der Waals surface area contributed by atoms with E-state index in [1.165, 1.54) is 70.6 Å². The van der Waals surface area contributed by atoms with Gasteiger partial charge >= 0.3 is 0 Å². The summed E-state index contributed by atoms with van der Waals surface area (Å²) in [7, 11) is 0. The summed E-state index contributed by atoms with van der Waals surface area (Å²) >= 11 is 1.86. The van der Waals surface area contributed by atoms with Crippen molar-refractivity contribution in [3.63, 3.8) is 0 Å². The van der Waals surface area contributed by atoms with Crippen LogP contribution in [-0.4, -0.2) is 0 Å². The predicted octanol–water partition coefficient (Wildman–Crippen LogP) is 9.02. The Kier molecular flexibility index (Phi) is 5.80. The van der Waals surface area contributed by atoms with E-state index in [0.717, 1.165) is 0 Å². The fraction of sp³-hybridized carbons (Fsp3) is 0.429. The Morgan fingerprint density at radius 2 is 0.966 bits per heavy atom. The molecular formula is C28H34S. The highest BCUT2D eigenvalue weighted by molar-refractivity contribution is 7.99. The molecule has 2 aliphatic carbocycles. The van der Waals surface area contributed by atoms with Crippen LogP contribution in [0.5, 0.6) is 0 Å². The fourth-order valence-corrected chi connectivity index (χ4v) is 5.10. The monoisotopic (exact) mass is 402 g/mol. The van der Waals surface area contributed by atoms with Gasteiger partial charge in [-0.3, -0.25) is 0 Å². The van der Waals surface area contributed by atoms with E-state index in [9.17, 15) is 0 Å². The van der Waals surface area contributed by atoms with Gasteiger partial charge in [0.1, 0.15) is 0 Å². The third kappa shape index (κ3) is 5.25. The first-order valence-corrected chi connectivity index (χ1v) is 11.9. The van der Waals surface area contributed by atoms with Crippen LogP contribution >= 0.6 is 11.8 Å². The first kappa shape index (κ1) is 20.5. The third-order valence-corrected chi connectivity index (χ3v) is 7.65. The van der Waals surface area contributed by atoms with Gasteiger partial charge in [0.2, 0.25) is 0 Å². The molecule has 0 fully saturated rings. The molecule has 2 aromatic rings. The molecule has 0 N–H and O–H groups in total. The van der Waals surface area contributed by atoms with Gasteiger partial charge in [-0.1, -0.05) is 75.9 Å². The number of allylic oxidation sites excluding steroid dienone is 4. The summed E-state index contributed by atoms with van der Waals surface area (Å²) in [6.45, 7) is 9.49. The van der Waals surface area contributed by atoms with Crippen molar-refractivity contribution in [2.24, 2.45) is 10.8 Å². The number of rotatable bonds is 4. The molecule has 0 atom stereocenters. The summed E-state index contributed by atoms with van der Waals surface area (Å²) in [5.41, 5.74) is 6.77. The summed E-state index contributed by atoms with van der Waals surface area (Å²) in [6.07, 6.45) is 12.3. The van der Waals surface area contributed by atoms with Crippen molar-refractivity contribution in [1.82, 2.24) is 0 Å². The van der Waals surface area contributed by atoms with Crippen LogP contribution in [-0.2, 0) is 0 Å². The minimum absolute atomic E-state index is 0.468. The van der Waals surface area contributed by atoms with Crippen LogP contribution < -0.4 is 0 Å². The van der Waals surface area contributed by atoms with Crippen molar-refractivity contribution in [3.8, 4) is 0 Å². The highest BCUT2D eigenvalue weighted by Crippen LogP contribution is 2.40. The Labute approximate surface area is 181 Å². The molecule has 0 radical (unpaired) electrons. The zero-order valence-electron chi connectivity index (χ0n) is 18.4. The molecule has 2 aromatic carbocycles. The molecule has 0 bridgehead atoms. The molecule has 29 heavy (non-hydrogen) atoms. The van der Waals surface area contributed by atoms with E-state index in [-0.39, 0.29) is 0 Å². The molecule has 0 aliphatic heterocycles. The number of benzene rings is 2. The van der Waals surface area contributed by atoms with Gasteiger partial charge in [-0.25, -0.2) is 0 Å². The standard InChI is InChI=1S/C28H34S/c1-27(2)17-13-23(14-18-27)21-5-9-25(10-6-21)29-26-11-7-22(8-12-26)24-15-19-28(3,4)20-16-24/h5-13,15H,14,16-20H2,1-4H3. The first-order chi connectivity index (χ1) is 13.8. The molecule has 152 valence electrons. The van der Waals surface area contributed by atoms with Crippen molar-refractivity contribution in [2.45, 2.75) is 76.0 Å². The van der Waals surface area contributed by atoms with Gasteiger partial charge in [0.15, 0.2) is 0 Å². The topological polar surface area (TPSA) is 0 Å². The molecular weight excluding hydrogens is 368 g/mol. The molecule has 0 aromatic heterocycles. The van der Waals surface area contributed by atoms with Crippen LogP contribution in [0.4, 0.5) is 0 Å². The van der Waals surface area contributed by atoms with Crippen molar-refractivity contribution < 1.29 is 0 Å². The van der Waals surface area contributed by atoms with Crippen LogP contribution in [0.1, 0.15) is 77.3 Å². The van der Waals surface area contributed by atoms with Gasteiger partial charge in [0, 0.05) is 9.79 Å². The molecule has 0 saturated carbocycles. The second-order valence-corrected chi connectivity index (χ2v) is 11.5. The zero-order valence-corrected chi connectivity index (χ0v) is 19.2. The van der Waals surface area contributed by atoms with Crippen molar-refractivity contribution in [2.75, 3.05) is 0 Å². The summed E-state index contributed by atoms with van der Waals surface area (Å²) < 4.78 is 0.